The highest BCUT2D eigenvalue weighted by Crippen LogP contribution is 2.44. The van der Waals surface area contributed by atoms with E-state index in [-0.39, 0.29) is 11.4 Å². The molecule has 1 aliphatic carbocycles. The third kappa shape index (κ3) is 10.9. The van der Waals surface area contributed by atoms with Crippen molar-refractivity contribution in [2.24, 2.45) is 11.3 Å². The maximum atomic E-state index is 13.2. The average molecular weight is 452 g/mol. The van der Waals surface area contributed by atoms with Gasteiger partial charge in [-0.3, -0.25) is 0 Å². The van der Waals surface area contributed by atoms with Gasteiger partial charge in [-0.1, -0.05) is 32.9 Å². The first-order valence-electron chi connectivity index (χ1n) is 11.0. The molecule has 1 aromatic rings. The van der Waals surface area contributed by atoms with Crippen molar-refractivity contribution in [3.05, 3.63) is 47.8 Å². The van der Waals surface area contributed by atoms with E-state index in [0.29, 0.717) is 17.6 Å². The lowest BCUT2D eigenvalue weighted by Crippen LogP contribution is -2.42. The van der Waals surface area contributed by atoms with Crippen LogP contribution in [0.4, 0.5) is 4.39 Å². The largest absolute Gasteiger partial charge is 0.478 e. The van der Waals surface area contributed by atoms with Gasteiger partial charge in [-0.2, -0.15) is 0 Å². The van der Waals surface area contributed by atoms with E-state index in [0.717, 1.165) is 38.3 Å². The van der Waals surface area contributed by atoms with Crippen molar-refractivity contribution >= 4 is 11.9 Å². The fourth-order valence-corrected chi connectivity index (χ4v) is 3.94. The maximum Gasteiger partial charge on any atom is 0.328 e. The van der Waals surface area contributed by atoms with E-state index < -0.39 is 11.9 Å². The topological polar surface area (TPSA) is 87.1 Å². The van der Waals surface area contributed by atoms with Crippen molar-refractivity contribution in [1.82, 2.24) is 4.90 Å². The molecule has 2 rings (SSSR count). The molecule has 0 amide bonds. The number of aliphatic carboxylic acids is 2. The van der Waals surface area contributed by atoms with Crippen LogP contribution in [0.3, 0.4) is 0 Å². The number of hydrogen-bond acceptors (Lipinski definition) is 4. The molecule has 7 heteroatoms. The lowest BCUT2D eigenvalue weighted by molar-refractivity contribution is -0.134. The predicted molar refractivity (Wildman–Crippen MR) is 123 cm³/mol. The molecule has 32 heavy (non-hydrogen) atoms. The second-order valence-electron chi connectivity index (χ2n) is 9.79. The fraction of sp³-hybridized carbons (Fsp3) is 0.600. The van der Waals surface area contributed by atoms with Crippen molar-refractivity contribution < 1.29 is 28.9 Å². The highest BCUT2D eigenvalue weighted by Gasteiger charge is 2.39. The van der Waals surface area contributed by atoms with Crippen molar-refractivity contribution in [2.75, 3.05) is 27.2 Å². The summed E-state index contributed by atoms with van der Waals surface area (Å²) in [6.07, 6.45) is 6.63. The van der Waals surface area contributed by atoms with E-state index >= 15 is 0 Å². The standard InChI is InChI=1S/C21H34FNO.C4H4O4/c1-20(2,3)18-10-12-21(13-11-18,24-15-14-23(4)5)16-17-6-8-19(22)9-7-17;5-3(6)1-2-4(7)8/h6-9,18H,10-16H2,1-5H3;1-2H,(H,5,6)(H,7,8)/b;2-1+. The molecule has 0 bridgehead atoms. The van der Waals surface area contributed by atoms with Gasteiger partial charge in [0, 0.05) is 25.1 Å². The highest BCUT2D eigenvalue weighted by molar-refractivity contribution is 5.89. The van der Waals surface area contributed by atoms with Gasteiger partial charge in [0.25, 0.3) is 0 Å². The van der Waals surface area contributed by atoms with Gasteiger partial charge in [0.1, 0.15) is 5.82 Å². The molecular formula is C25H38FNO5. The number of carbonyl (C=O) groups is 2. The van der Waals surface area contributed by atoms with Crippen LogP contribution in [0.1, 0.15) is 52.0 Å². The Bertz CT molecular complexity index is 729. The van der Waals surface area contributed by atoms with E-state index in [1.54, 1.807) is 12.1 Å². The van der Waals surface area contributed by atoms with Crippen LogP contribution < -0.4 is 0 Å². The molecule has 1 aromatic carbocycles. The van der Waals surface area contributed by atoms with Crippen LogP contribution >= 0.6 is 0 Å². The number of hydrogen-bond donors (Lipinski definition) is 2. The number of carboxylic acid groups (broad SMARTS) is 2. The van der Waals surface area contributed by atoms with Crippen LogP contribution in [-0.2, 0) is 20.7 Å². The molecule has 0 aromatic heterocycles. The molecule has 1 aliphatic rings. The first-order chi connectivity index (χ1) is 14.8. The molecule has 2 N–H and O–H groups in total. The molecule has 0 atom stereocenters. The Morgan fingerprint density at radius 2 is 1.59 bits per heavy atom. The van der Waals surface area contributed by atoms with Gasteiger partial charge in [0.05, 0.1) is 12.2 Å². The molecule has 1 fully saturated rings. The predicted octanol–water partition coefficient (Wildman–Crippen LogP) is 4.63. The monoisotopic (exact) mass is 451 g/mol. The van der Waals surface area contributed by atoms with Gasteiger partial charge in [0.15, 0.2) is 0 Å². The summed E-state index contributed by atoms with van der Waals surface area (Å²) in [5.41, 5.74) is 1.46. The highest BCUT2D eigenvalue weighted by atomic mass is 19.1. The van der Waals surface area contributed by atoms with Gasteiger partial charge < -0.3 is 19.8 Å². The van der Waals surface area contributed by atoms with Gasteiger partial charge in [-0.15, -0.1) is 0 Å². The maximum absolute atomic E-state index is 13.2. The van der Waals surface area contributed by atoms with Crippen molar-refractivity contribution in [3.63, 3.8) is 0 Å². The summed E-state index contributed by atoms with van der Waals surface area (Å²) in [6.45, 7) is 8.73. The number of ether oxygens (including phenoxy) is 1. The van der Waals surface area contributed by atoms with Gasteiger partial charge in [-0.25, -0.2) is 14.0 Å². The molecule has 1 saturated carbocycles. The third-order valence-electron chi connectivity index (χ3n) is 5.88. The first-order valence-corrected chi connectivity index (χ1v) is 11.0. The normalized spacial score (nSPS) is 21.3. The molecule has 0 aliphatic heterocycles. The minimum Gasteiger partial charge on any atom is -0.478 e. The fourth-order valence-electron chi connectivity index (χ4n) is 3.94. The number of carboxylic acids is 2. The summed E-state index contributed by atoms with van der Waals surface area (Å²) in [4.78, 5) is 21.3. The van der Waals surface area contributed by atoms with Gasteiger partial charge in [-0.05, 0) is 68.8 Å². The minimum absolute atomic E-state index is 0.0877. The quantitative estimate of drug-likeness (QED) is 0.560. The molecule has 0 unspecified atom stereocenters. The molecule has 0 saturated heterocycles. The zero-order valence-corrected chi connectivity index (χ0v) is 19.9. The van der Waals surface area contributed by atoms with Crippen molar-refractivity contribution in [2.45, 2.75) is 58.5 Å². The number of halogens is 1. The smallest absolute Gasteiger partial charge is 0.328 e. The zero-order valence-electron chi connectivity index (χ0n) is 19.9. The van der Waals surface area contributed by atoms with E-state index in [4.69, 9.17) is 14.9 Å². The Labute approximate surface area is 191 Å². The van der Waals surface area contributed by atoms with E-state index in [2.05, 4.69) is 39.8 Å². The van der Waals surface area contributed by atoms with E-state index in [1.165, 1.54) is 18.4 Å². The molecule has 0 heterocycles. The minimum atomic E-state index is -1.26. The Kier molecular flexibility index (Phi) is 11.0. The van der Waals surface area contributed by atoms with Crippen LogP contribution in [0.2, 0.25) is 0 Å². The Morgan fingerprint density at radius 1 is 1.09 bits per heavy atom. The van der Waals surface area contributed by atoms with Crippen molar-refractivity contribution in [3.8, 4) is 0 Å². The van der Waals surface area contributed by atoms with E-state index in [1.807, 2.05) is 12.1 Å². The number of rotatable bonds is 8. The average Bonchev–Trinajstić information content (AvgIpc) is 2.68. The number of likely N-dealkylation sites (N-methyl/N-ethyl adjacent to an activating group) is 1. The zero-order chi connectivity index (χ0) is 24.4. The van der Waals surface area contributed by atoms with Crippen LogP contribution in [0.15, 0.2) is 36.4 Å². The Balaban J connectivity index is 0.000000547. The van der Waals surface area contributed by atoms with Gasteiger partial charge >= 0.3 is 11.9 Å². The molecule has 6 nitrogen and oxygen atoms in total. The second-order valence-corrected chi connectivity index (χ2v) is 9.79. The van der Waals surface area contributed by atoms with Crippen LogP contribution in [0.25, 0.3) is 0 Å². The second kappa shape index (κ2) is 12.7. The Hall–Kier alpha value is -2.25. The summed E-state index contributed by atoms with van der Waals surface area (Å²) >= 11 is 0. The Morgan fingerprint density at radius 3 is 2.00 bits per heavy atom. The summed E-state index contributed by atoms with van der Waals surface area (Å²) < 4.78 is 19.6. The lowest BCUT2D eigenvalue weighted by Gasteiger charge is -2.44. The van der Waals surface area contributed by atoms with Crippen LogP contribution in [0.5, 0.6) is 0 Å². The molecule has 180 valence electrons. The number of benzene rings is 1. The number of nitrogens with zero attached hydrogens (tertiary/aromatic N) is 1. The summed E-state index contributed by atoms with van der Waals surface area (Å²) in [5, 5.41) is 15.6. The van der Waals surface area contributed by atoms with E-state index in [9.17, 15) is 14.0 Å². The molecule has 0 spiro atoms. The SMILES string of the molecule is CN(C)CCOC1(Cc2ccc(F)cc2)CCC(C(C)(C)C)CC1.O=C(O)/C=C/C(=O)O. The van der Waals surface area contributed by atoms with Crippen LogP contribution in [-0.4, -0.2) is 59.9 Å². The first kappa shape index (κ1) is 27.8. The summed E-state index contributed by atoms with van der Waals surface area (Å²) in [6, 6.07) is 6.93. The lowest BCUT2D eigenvalue weighted by atomic mass is 9.67. The third-order valence-corrected chi connectivity index (χ3v) is 5.88. The van der Waals surface area contributed by atoms with Crippen LogP contribution in [0, 0.1) is 17.2 Å². The molecular weight excluding hydrogens is 413 g/mol. The summed E-state index contributed by atoms with van der Waals surface area (Å²) in [5.74, 6) is -1.92. The van der Waals surface area contributed by atoms with Crippen molar-refractivity contribution in [1.29, 1.82) is 0 Å². The summed E-state index contributed by atoms with van der Waals surface area (Å²) in [7, 11) is 4.15. The van der Waals surface area contributed by atoms with Gasteiger partial charge in [0.2, 0.25) is 0 Å². The molecule has 0 radical (unpaired) electrons.